The van der Waals surface area contributed by atoms with Gasteiger partial charge < -0.3 is 29.7 Å². The molecule has 0 bridgehead atoms. The van der Waals surface area contributed by atoms with Gasteiger partial charge in [-0.15, -0.1) is 6.58 Å². The molecular formula is C48H55N5O10S. The molecule has 3 N–H and O–H groups in total. The van der Waals surface area contributed by atoms with Crippen LogP contribution in [0.25, 0.3) is 22.2 Å². The third kappa shape index (κ3) is 9.19. The predicted molar refractivity (Wildman–Crippen MR) is 240 cm³/mol. The molecule has 2 aliphatic carbocycles. The molecule has 1 saturated heterocycles. The molecule has 64 heavy (non-hydrogen) atoms. The number of ether oxygens (including phenoxy) is 3. The lowest BCUT2D eigenvalue weighted by atomic mass is 9.85. The third-order valence-corrected chi connectivity index (χ3v) is 14.0. The van der Waals surface area contributed by atoms with Crippen LogP contribution in [0.2, 0.25) is 0 Å². The molecule has 0 spiro atoms. The smallest absolute Gasteiger partial charge is 0.408 e. The van der Waals surface area contributed by atoms with Gasteiger partial charge in [0.2, 0.25) is 21.8 Å². The number of ketones is 1. The summed E-state index contributed by atoms with van der Waals surface area (Å²) in [6.07, 6.45) is -0.165. The molecule has 1 aliphatic heterocycles. The fourth-order valence-corrected chi connectivity index (χ4v) is 9.81. The standard InChI is InChI=1S/C48H55N5O10S/c1-9-31-27-48(31,43(57)52-64(59,60)47(22-23-47)40(54)30-18-14-11-15-19-30)51-41(55)37-25-33(28-53(37)42(56)39(45(2,3)4)50-44(58)63-46(5,6)7)62-38-26-35(29-16-12-10-13-17-29)49-36-24-32(61-8)20-21-34(36)38/h9-21,24,26,31,33,37,39H,1,22-23,25,27-28H2,2-8H3,(H,50,58)(H,51,55)(H,52,57). The summed E-state index contributed by atoms with van der Waals surface area (Å²) in [6.45, 7) is 14.1. The molecule has 338 valence electrons. The van der Waals surface area contributed by atoms with Crippen LogP contribution in [0, 0.1) is 11.3 Å². The van der Waals surface area contributed by atoms with Crippen molar-refractivity contribution in [3.63, 3.8) is 0 Å². The van der Waals surface area contributed by atoms with E-state index in [1.807, 2.05) is 36.4 Å². The number of nitrogens with one attached hydrogen (secondary N) is 3. The number of benzene rings is 3. The van der Waals surface area contributed by atoms with Crippen molar-refractivity contribution in [2.45, 2.75) is 101 Å². The largest absolute Gasteiger partial charge is 0.497 e. The van der Waals surface area contributed by atoms with Gasteiger partial charge in [-0.2, -0.15) is 0 Å². The second kappa shape index (κ2) is 17.0. The van der Waals surface area contributed by atoms with E-state index in [9.17, 15) is 32.4 Å². The Morgan fingerprint density at radius 1 is 0.922 bits per heavy atom. The van der Waals surface area contributed by atoms with Crippen molar-refractivity contribution in [3.05, 3.63) is 103 Å². The van der Waals surface area contributed by atoms with Crippen molar-refractivity contribution < 1.29 is 46.6 Å². The molecule has 16 heteroatoms. The van der Waals surface area contributed by atoms with E-state index in [4.69, 9.17) is 19.2 Å². The highest BCUT2D eigenvalue weighted by molar-refractivity contribution is 7.92. The number of carbonyl (C=O) groups is 5. The van der Waals surface area contributed by atoms with Crippen LogP contribution in [-0.4, -0.2) is 95.6 Å². The summed E-state index contributed by atoms with van der Waals surface area (Å²) in [5, 5.41) is 6.17. The zero-order chi connectivity index (χ0) is 46.4. The van der Waals surface area contributed by atoms with Crippen molar-refractivity contribution in [1.82, 2.24) is 25.2 Å². The van der Waals surface area contributed by atoms with Crippen LogP contribution in [0.5, 0.6) is 11.5 Å². The minimum atomic E-state index is -4.58. The molecular weight excluding hydrogens is 839 g/mol. The molecule has 15 nitrogen and oxygen atoms in total. The molecule has 2 saturated carbocycles. The highest BCUT2D eigenvalue weighted by Gasteiger charge is 2.66. The van der Waals surface area contributed by atoms with Crippen LogP contribution in [0.3, 0.4) is 0 Å². The maximum atomic E-state index is 14.8. The Bertz CT molecular complexity index is 2600. The van der Waals surface area contributed by atoms with Gasteiger partial charge in [0.25, 0.3) is 5.91 Å². The summed E-state index contributed by atoms with van der Waals surface area (Å²) in [6, 6.07) is 22.2. The van der Waals surface area contributed by atoms with Gasteiger partial charge in [0.05, 0.1) is 24.9 Å². The average Bonchev–Trinajstić information content (AvgIpc) is 4.16. The summed E-state index contributed by atoms with van der Waals surface area (Å²) >= 11 is 0. The Labute approximate surface area is 373 Å². The molecule has 5 atom stereocenters. The number of pyridine rings is 1. The van der Waals surface area contributed by atoms with E-state index in [2.05, 4.69) is 21.9 Å². The van der Waals surface area contributed by atoms with Crippen LogP contribution in [0.1, 0.15) is 77.6 Å². The van der Waals surface area contributed by atoms with Gasteiger partial charge in [0, 0.05) is 41.0 Å². The Morgan fingerprint density at radius 3 is 2.16 bits per heavy atom. The number of fused-ring (bicyclic) bond motifs is 1. The number of sulfonamides is 1. The first-order valence-electron chi connectivity index (χ1n) is 21.2. The lowest BCUT2D eigenvalue weighted by Gasteiger charge is -2.36. The summed E-state index contributed by atoms with van der Waals surface area (Å²) in [4.78, 5) is 76.6. The second-order valence-corrected chi connectivity index (χ2v) is 20.8. The number of methoxy groups -OCH3 is 1. The summed E-state index contributed by atoms with van der Waals surface area (Å²) < 4.78 is 45.8. The summed E-state index contributed by atoms with van der Waals surface area (Å²) in [5.41, 5.74) is -1.30. The molecule has 3 fully saturated rings. The molecule has 3 aromatic carbocycles. The Kier molecular flexibility index (Phi) is 12.2. The first-order chi connectivity index (χ1) is 30.1. The maximum absolute atomic E-state index is 14.8. The van der Waals surface area contributed by atoms with E-state index in [1.165, 1.54) is 23.1 Å². The molecule has 5 unspecified atom stereocenters. The van der Waals surface area contributed by atoms with Gasteiger partial charge in [0.1, 0.15) is 40.8 Å². The van der Waals surface area contributed by atoms with E-state index >= 15 is 0 Å². The molecule has 1 aromatic heterocycles. The first kappa shape index (κ1) is 45.7. The summed E-state index contributed by atoms with van der Waals surface area (Å²) in [5.74, 6) is -2.67. The fourth-order valence-electron chi connectivity index (χ4n) is 8.18. The number of alkyl carbamates (subject to hydrolysis) is 1. The molecule has 0 radical (unpaired) electrons. The lowest BCUT2D eigenvalue weighted by molar-refractivity contribution is -0.143. The van der Waals surface area contributed by atoms with E-state index in [0.717, 1.165) is 5.56 Å². The molecule has 3 aliphatic rings. The fraction of sp³-hybridized carbons (Fsp3) is 0.417. The van der Waals surface area contributed by atoms with Crippen LogP contribution < -0.4 is 24.8 Å². The van der Waals surface area contributed by atoms with Crippen LogP contribution in [0.4, 0.5) is 4.79 Å². The number of carbonyl (C=O) groups excluding carboxylic acids is 5. The van der Waals surface area contributed by atoms with Crippen molar-refractivity contribution >= 4 is 50.5 Å². The van der Waals surface area contributed by atoms with E-state index in [1.54, 1.807) is 85.1 Å². The van der Waals surface area contributed by atoms with Crippen molar-refractivity contribution in [2.24, 2.45) is 11.3 Å². The monoisotopic (exact) mass is 893 g/mol. The zero-order valence-corrected chi connectivity index (χ0v) is 37.9. The predicted octanol–water partition coefficient (Wildman–Crippen LogP) is 6.12. The number of nitrogens with zero attached hydrogens (tertiary/aromatic N) is 2. The number of hydrogen-bond donors (Lipinski definition) is 3. The van der Waals surface area contributed by atoms with Gasteiger partial charge in [-0.3, -0.25) is 23.9 Å². The van der Waals surface area contributed by atoms with Crippen molar-refractivity contribution in [2.75, 3.05) is 13.7 Å². The minimum absolute atomic E-state index is 0.0172. The average molecular weight is 894 g/mol. The minimum Gasteiger partial charge on any atom is -0.497 e. The van der Waals surface area contributed by atoms with Gasteiger partial charge in [-0.25, -0.2) is 18.2 Å². The van der Waals surface area contributed by atoms with Gasteiger partial charge in [-0.1, -0.05) is 87.5 Å². The van der Waals surface area contributed by atoms with Crippen LogP contribution >= 0.6 is 0 Å². The number of hydrogen-bond acceptors (Lipinski definition) is 11. The van der Waals surface area contributed by atoms with Crippen molar-refractivity contribution in [1.29, 1.82) is 0 Å². The molecule has 7 rings (SSSR count). The maximum Gasteiger partial charge on any atom is 0.408 e. The zero-order valence-electron chi connectivity index (χ0n) is 37.1. The van der Waals surface area contributed by atoms with Gasteiger partial charge in [0.15, 0.2) is 10.5 Å². The molecule has 4 amide bonds. The number of Topliss-reactive ketones (excluding diaryl/α,β-unsaturated/α-hetero) is 1. The van der Waals surface area contributed by atoms with E-state index in [0.29, 0.717) is 28.1 Å². The van der Waals surface area contributed by atoms with Crippen LogP contribution in [-0.2, 0) is 29.1 Å². The summed E-state index contributed by atoms with van der Waals surface area (Å²) in [7, 11) is -3.02. The number of amides is 4. The highest BCUT2D eigenvalue weighted by Crippen LogP contribution is 2.49. The number of likely N-dealkylation sites (tertiary alicyclic amines) is 1. The Hall–Kier alpha value is -6.29. The van der Waals surface area contributed by atoms with E-state index < -0.39 is 85.0 Å². The van der Waals surface area contributed by atoms with Crippen LogP contribution in [0.15, 0.2) is 97.6 Å². The topological polar surface area (TPSA) is 199 Å². The normalized spacial score (nSPS) is 21.8. The van der Waals surface area contributed by atoms with Gasteiger partial charge >= 0.3 is 6.09 Å². The van der Waals surface area contributed by atoms with Gasteiger partial charge in [-0.05, 0) is 57.6 Å². The lowest BCUT2D eigenvalue weighted by Crippen LogP contribution is -2.60. The van der Waals surface area contributed by atoms with E-state index in [-0.39, 0.29) is 37.8 Å². The number of rotatable bonds is 14. The highest BCUT2D eigenvalue weighted by atomic mass is 32.2. The second-order valence-electron chi connectivity index (χ2n) is 18.8. The molecule has 4 aromatic rings. The first-order valence-corrected chi connectivity index (χ1v) is 22.7. The van der Waals surface area contributed by atoms with Crippen molar-refractivity contribution in [3.8, 4) is 22.8 Å². The Morgan fingerprint density at radius 2 is 1.58 bits per heavy atom. The Balaban J connectivity index is 1.21. The quantitative estimate of drug-likeness (QED) is 0.0974. The number of aromatic nitrogens is 1. The third-order valence-electron chi connectivity index (χ3n) is 11.9. The SMILES string of the molecule is C=CC1CC1(NC(=O)C1CC(Oc2cc(-c3ccccc3)nc3cc(OC)ccc23)CN1C(=O)C(NC(=O)OC(C)(C)C)C(C)(C)C)C(=O)NS(=O)(=O)C1(C(=O)c2ccccc2)CC1. The molecule has 2 heterocycles.